The molecule has 1 aliphatic rings. The molecule has 0 saturated carbocycles. The monoisotopic (exact) mass is 328 g/mol. The predicted molar refractivity (Wildman–Crippen MR) is 88.8 cm³/mol. The average Bonchev–Trinajstić information content (AvgIpc) is 2.46. The summed E-state index contributed by atoms with van der Waals surface area (Å²) >= 11 is 1.67. The van der Waals surface area contributed by atoms with E-state index in [9.17, 15) is 8.42 Å². The standard InChI is InChI=1S/C15H24N2O2S2/c1-13-3-5-15(6-4-13)20-12-9-16-21(18,19)17-10-7-14(2)8-11-17/h3-6,14,16H,7-12H2,1-2H3. The first kappa shape index (κ1) is 16.8. The molecule has 4 nitrogen and oxygen atoms in total. The summed E-state index contributed by atoms with van der Waals surface area (Å²) in [4.78, 5) is 1.17. The van der Waals surface area contributed by atoms with Crippen molar-refractivity contribution in [1.29, 1.82) is 0 Å². The number of piperidine rings is 1. The molecule has 1 aromatic rings. The van der Waals surface area contributed by atoms with Crippen LogP contribution < -0.4 is 4.72 Å². The van der Waals surface area contributed by atoms with Gasteiger partial charge < -0.3 is 0 Å². The van der Waals surface area contributed by atoms with Gasteiger partial charge in [-0.3, -0.25) is 0 Å². The molecule has 1 heterocycles. The van der Waals surface area contributed by atoms with E-state index in [1.54, 1.807) is 16.1 Å². The third-order valence-corrected chi connectivity index (χ3v) is 6.39. The van der Waals surface area contributed by atoms with Gasteiger partial charge in [0.2, 0.25) is 0 Å². The first-order chi connectivity index (χ1) is 9.97. The molecule has 6 heteroatoms. The molecule has 1 saturated heterocycles. The minimum absolute atomic E-state index is 0.465. The Hall–Kier alpha value is -0.560. The Labute approximate surface area is 132 Å². The van der Waals surface area contributed by atoms with Gasteiger partial charge in [-0.2, -0.15) is 12.7 Å². The molecule has 2 rings (SSSR count). The van der Waals surface area contributed by atoms with Crippen molar-refractivity contribution in [3.8, 4) is 0 Å². The molecule has 0 bridgehead atoms. The summed E-state index contributed by atoms with van der Waals surface area (Å²) in [5.74, 6) is 1.38. The largest absolute Gasteiger partial charge is 0.279 e. The molecule has 1 aliphatic heterocycles. The molecule has 0 atom stereocenters. The lowest BCUT2D eigenvalue weighted by molar-refractivity contribution is 0.285. The highest BCUT2D eigenvalue weighted by Gasteiger charge is 2.25. The molecule has 0 spiro atoms. The van der Waals surface area contributed by atoms with Gasteiger partial charge in [0.15, 0.2) is 0 Å². The maximum absolute atomic E-state index is 12.2. The number of thioether (sulfide) groups is 1. The van der Waals surface area contributed by atoms with Gasteiger partial charge in [0.1, 0.15) is 0 Å². The van der Waals surface area contributed by atoms with Crippen molar-refractivity contribution in [2.24, 2.45) is 5.92 Å². The SMILES string of the molecule is Cc1ccc(SCCNS(=O)(=O)N2CCC(C)CC2)cc1. The lowest BCUT2D eigenvalue weighted by Gasteiger charge is -2.29. The zero-order chi connectivity index (χ0) is 15.3. The van der Waals surface area contributed by atoms with E-state index in [-0.39, 0.29) is 0 Å². The normalized spacial score (nSPS) is 18.0. The summed E-state index contributed by atoms with van der Waals surface area (Å²) in [5, 5.41) is 0. The summed E-state index contributed by atoms with van der Waals surface area (Å²) in [6.45, 7) is 5.98. The van der Waals surface area contributed by atoms with Crippen LogP contribution in [0, 0.1) is 12.8 Å². The Morgan fingerprint density at radius 3 is 2.48 bits per heavy atom. The van der Waals surface area contributed by atoms with Gasteiger partial charge >= 0.3 is 0 Å². The van der Waals surface area contributed by atoms with Crippen molar-refractivity contribution in [3.05, 3.63) is 29.8 Å². The molecule has 0 unspecified atom stereocenters. The topological polar surface area (TPSA) is 49.4 Å². The second-order valence-electron chi connectivity index (χ2n) is 5.64. The van der Waals surface area contributed by atoms with Crippen LogP contribution in [0.1, 0.15) is 25.3 Å². The van der Waals surface area contributed by atoms with Gasteiger partial charge in [-0.15, -0.1) is 11.8 Å². The van der Waals surface area contributed by atoms with Crippen molar-refractivity contribution in [2.45, 2.75) is 31.6 Å². The van der Waals surface area contributed by atoms with Crippen molar-refractivity contribution < 1.29 is 8.42 Å². The molecule has 0 amide bonds. The van der Waals surface area contributed by atoms with Crippen molar-refractivity contribution in [1.82, 2.24) is 9.03 Å². The Balaban J connectivity index is 1.73. The number of rotatable bonds is 6. The summed E-state index contributed by atoms with van der Waals surface area (Å²) in [7, 11) is -3.30. The van der Waals surface area contributed by atoms with E-state index >= 15 is 0 Å². The third-order valence-electron chi connectivity index (χ3n) is 3.76. The summed E-state index contributed by atoms with van der Waals surface area (Å²) < 4.78 is 28.6. The zero-order valence-electron chi connectivity index (χ0n) is 12.7. The number of nitrogens with zero attached hydrogens (tertiary/aromatic N) is 1. The fraction of sp³-hybridized carbons (Fsp3) is 0.600. The van der Waals surface area contributed by atoms with Gasteiger partial charge in [0.05, 0.1) is 0 Å². The van der Waals surface area contributed by atoms with E-state index in [1.165, 1.54) is 10.5 Å². The van der Waals surface area contributed by atoms with Gasteiger partial charge in [0.25, 0.3) is 10.2 Å². The number of nitrogens with one attached hydrogen (secondary N) is 1. The summed E-state index contributed by atoms with van der Waals surface area (Å²) in [6, 6.07) is 8.28. The lowest BCUT2D eigenvalue weighted by atomic mass is 10.0. The van der Waals surface area contributed by atoms with Crippen LogP contribution in [0.4, 0.5) is 0 Å². The van der Waals surface area contributed by atoms with Crippen LogP contribution in [0.5, 0.6) is 0 Å². The summed E-state index contributed by atoms with van der Waals surface area (Å²) in [5.41, 5.74) is 1.24. The van der Waals surface area contributed by atoms with E-state index in [1.807, 2.05) is 0 Å². The van der Waals surface area contributed by atoms with Gasteiger partial charge in [-0.1, -0.05) is 24.6 Å². The quantitative estimate of drug-likeness (QED) is 0.645. The van der Waals surface area contributed by atoms with Crippen LogP contribution in [-0.4, -0.2) is 38.1 Å². The zero-order valence-corrected chi connectivity index (χ0v) is 14.3. The minimum Gasteiger partial charge on any atom is -0.201 e. The Bertz CT molecular complexity index is 535. The van der Waals surface area contributed by atoms with Gasteiger partial charge in [-0.05, 0) is 37.8 Å². The van der Waals surface area contributed by atoms with Crippen molar-refractivity contribution >= 4 is 22.0 Å². The average molecular weight is 329 g/mol. The fourth-order valence-corrected chi connectivity index (χ4v) is 4.42. The van der Waals surface area contributed by atoms with E-state index in [0.29, 0.717) is 25.6 Å². The van der Waals surface area contributed by atoms with Gasteiger partial charge in [0, 0.05) is 30.3 Å². The molecule has 21 heavy (non-hydrogen) atoms. The number of benzene rings is 1. The maximum atomic E-state index is 12.2. The predicted octanol–water partition coefficient (Wildman–Crippen LogP) is 2.65. The van der Waals surface area contributed by atoms with Crippen LogP contribution in [0.25, 0.3) is 0 Å². The molecule has 1 N–H and O–H groups in total. The Kier molecular flexibility index (Phi) is 6.10. The van der Waals surface area contributed by atoms with Crippen molar-refractivity contribution in [2.75, 3.05) is 25.4 Å². The summed E-state index contributed by atoms with van der Waals surface area (Å²) in [6.07, 6.45) is 1.91. The highest BCUT2D eigenvalue weighted by atomic mass is 32.2. The smallest absolute Gasteiger partial charge is 0.201 e. The van der Waals surface area contributed by atoms with Crippen LogP contribution in [-0.2, 0) is 10.2 Å². The number of aryl methyl sites for hydroxylation is 1. The second-order valence-corrected chi connectivity index (χ2v) is 8.57. The van der Waals surface area contributed by atoms with E-state index in [0.717, 1.165) is 18.6 Å². The Morgan fingerprint density at radius 2 is 1.86 bits per heavy atom. The molecule has 1 aromatic carbocycles. The molecule has 118 valence electrons. The first-order valence-electron chi connectivity index (χ1n) is 7.41. The maximum Gasteiger partial charge on any atom is 0.279 e. The molecular weight excluding hydrogens is 304 g/mol. The van der Waals surface area contributed by atoms with Crippen LogP contribution in [0.15, 0.2) is 29.2 Å². The molecular formula is C15H24N2O2S2. The number of hydrogen-bond donors (Lipinski definition) is 1. The minimum atomic E-state index is -3.30. The van der Waals surface area contributed by atoms with E-state index in [4.69, 9.17) is 0 Å². The van der Waals surface area contributed by atoms with Crippen LogP contribution in [0.3, 0.4) is 0 Å². The van der Waals surface area contributed by atoms with Crippen LogP contribution in [0.2, 0.25) is 0 Å². The molecule has 0 aliphatic carbocycles. The first-order valence-corrected chi connectivity index (χ1v) is 9.84. The highest BCUT2D eigenvalue weighted by Crippen LogP contribution is 2.19. The van der Waals surface area contributed by atoms with Crippen molar-refractivity contribution in [3.63, 3.8) is 0 Å². The molecule has 1 fully saturated rings. The molecule has 0 radical (unpaired) electrons. The second kappa shape index (κ2) is 7.63. The van der Waals surface area contributed by atoms with Gasteiger partial charge in [-0.25, -0.2) is 4.72 Å². The molecule has 0 aromatic heterocycles. The number of hydrogen-bond acceptors (Lipinski definition) is 3. The highest BCUT2D eigenvalue weighted by molar-refractivity contribution is 7.99. The van der Waals surface area contributed by atoms with E-state index in [2.05, 4.69) is 42.8 Å². The lowest BCUT2D eigenvalue weighted by Crippen LogP contribution is -2.45. The third kappa shape index (κ3) is 5.29. The fourth-order valence-electron chi connectivity index (χ4n) is 2.29. The van der Waals surface area contributed by atoms with Crippen LogP contribution >= 0.6 is 11.8 Å². The Morgan fingerprint density at radius 1 is 1.24 bits per heavy atom. The van der Waals surface area contributed by atoms with E-state index < -0.39 is 10.2 Å².